The van der Waals surface area contributed by atoms with Crippen molar-refractivity contribution >= 4 is 28.9 Å². The van der Waals surface area contributed by atoms with Crippen LogP contribution in [0.1, 0.15) is 25.3 Å². The summed E-state index contributed by atoms with van der Waals surface area (Å²) in [5.41, 5.74) is 2.01. The largest absolute Gasteiger partial charge is 0.494 e. The highest BCUT2D eigenvalue weighted by Crippen LogP contribution is 2.38. The maximum Gasteiger partial charge on any atom is 0.228 e. The minimum absolute atomic E-state index is 0.0350. The fourth-order valence-electron chi connectivity index (χ4n) is 3.19. The normalized spacial score (nSPS) is 13.7. The molecule has 31 heavy (non-hydrogen) atoms. The predicted molar refractivity (Wildman–Crippen MR) is 117 cm³/mol. The van der Waals surface area contributed by atoms with Gasteiger partial charge in [-0.05, 0) is 31.9 Å². The second-order valence-electron chi connectivity index (χ2n) is 7.27. The van der Waals surface area contributed by atoms with Gasteiger partial charge in [-0.1, -0.05) is 12.1 Å². The first-order valence-corrected chi connectivity index (χ1v) is 9.93. The number of nitrogens with zero attached hydrogens (tertiary/aromatic N) is 4. The summed E-state index contributed by atoms with van der Waals surface area (Å²) in [7, 11) is 3.33. The molecular formula is C22H23FN6O2. The summed E-state index contributed by atoms with van der Waals surface area (Å²) in [4.78, 5) is 20.6. The molecule has 4 rings (SSSR count). The predicted octanol–water partition coefficient (Wildman–Crippen LogP) is 4.31. The van der Waals surface area contributed by atoms with Crippen LogP contribution < -0.4 is 15.4 Å². The van der Waals surface area contributed by atoms with Crippen molar-refractivity contribution < 1.29 is 13.9 Å². The maximum atomic E-state index is 14.5. The van der Waals surface area contributed by atoms with Crippen molar-refractivity contribution in [3.8, 4) is 17.1 Å². The Morgan fingerprint density at radius 3 is 2.74 bits per heavy atom. The molecule has 0 unspecified atom stereocenters. The van der Waals surface area contributed by atoms with Crippen molar-refractivity contribution in [2.24, 2.45) is 13.0 Å². The fraction of sp³-hybridized carbons (Fsp3) is 0.273. The van der Waals surface area contributed by atoms with E-state index < -0.39 is 5.83 Å². The van der Waals surface area contributed by atoms with Gasteiger partial charge in [0.25, 0.3) is 0 Å². The van der Waals surface area contributed by atoms with E-state index in [9.17, 15) is 9.18 Å². The molecule has 3 aromatic rings. The summed E-state index contributed by atoms with van der Waals surface area (Å²) in [5, 5.41) is 10.4. The maximum absolute atomic E-state index is 14.5. The van der Waals surface area contributed by atoms with Crippen LogP contribution in [-0.2, 0) is 11.8 Å². The van der Waals surface area contributed by atoms with Crippen LogP contribution in [-0.4, -0.2) is 32.8 Å². The molecule has 0 saturated heterocycles. The van der Waals surface area contributed by atoms with Crippen LogP contribution in [0.15, 0.2) is 42.9 Å². The number of allylic oxidation sites excluding steroid dienone is 1. The van der Waals surface area contributed by atoms with Crippen LogP contribution >= 0.6 is 0 Å². The number of nitrogens with one attached hydrogen (secondary N) is 2. The molecule has 1 aromatic carbocycles. The number of aryl methyl sites for hydroxylation is 1. The number of halogens is 1. The zero-order valence-electron chi connectivity index (χ0n) is 17.5. The van der Waals surface area contributed by atoms with Crippen molar-refractivity contribution in [1.29, 1.82) is 0 Å². The van der Waals surface area contributed by atoms with E-state index in [-0.39, 0.29) is 17.4 Å². The van der Waals surface area contributed by atoms with Crippen molar-refractivity contribution in [1.82, 2.24) is 19.7 Å². The lowest BCUT2D eigenvalue weighted by Gasteiger charge is -2.16. The van der Waals surface area contributed by atoms with Gasteiger partial charge in [-0.25, -0.2) is 14.4 Å². The summed E-state index contributed by atoms with van der Waals surface area (Å²) in [6, 6.07) is 7.11. The van der Waals surface area contributed by atoms with Gasteiger partial charge in [-0.2, -0.15) is 5.10 Å². The average Bonchev–Trinajstić information content (AvgIpc) is 3.54. The first-order valence-electron chi connectivity index (χ1n) is 9.93. The van der Waals surface area contributed by atoms with Crippen molar-refractivity contribution in [3.63, 3.8) is 0 Å². The summed E-state index contributed by atoms with van der Waals surface area (Å²) < 4.78 is 21.8. The number of benzene rings is 1. The van der Waals surface area contributed by atoms with Crippen LogP contribution in [0.2, 0.25) is 0 Å². The molecule has 1 aliphatic rings. The number of amides is 1. The highest BCUT2D eigenvalue weighted by atomic mass is 19.1. The second-order valence-corrected chi connectivity index (χ2v) is 7.27. The number of aromatic nitrogens is 4. The van der Waals surface area contributed by atoms with Gasteiger partial charge >= 0.3 is 0 Å². The average molecular weight is 422 g/mol. The molecule has 1 fully saturated rings. The molecule has 1 saturated carbocycles. The highest BCUT2D eigenvalue weighted by Gasteiger charge is 2.30. The lowest BCUT2D eigenvalue weighted by Crippen LogP contribution is -2.14. The number of ether oxygens (including phenoxy) is 1. The molecular weight excluding hydrogens is 399 g/mol. The van der Waals surface area contributed by atoms with E-state index in [1.165, 1.54) is 12.3 Å². The first kappa shape index (κ1) is 20.5. The van der Waals surface area contributed by atoms with Crippen LogP contribution in [0, 0.1) is 5.92 Å². The van der Waals surface area contributed by atoms with E-state index in [4.69, 9.17) is 4.74 Å². The minimum Gasteiger partial charge on any atom is -0.494 e. The van der Waals surface area contributed by atoms with Crippen molar-refractivity contribution in [3.05, 3.63) is 48.4 Å². The van der Waals surface area contributed by atoms with E-state index in [1.807, 2.05) is 18.2 Å². The number of anilines is 3. The molecule has 0 atom stereocenters. The van der Waals surface area contributed by atoms with Crippen molar-refractivity contribution in [2.75, 3.05) is 17.7 Å². The van der Waals surface area contributed by atoms with E-state index in [2.05, 4.69) is 25.7 Å². The molecule has 0 aliphatic heterocycles. The number of rotatable bonds is 7. The second kappa shape index (κ2) is 8.55. The Kier molecular flexibility index (Phi) is 5.66. The molecule has 1 amide bonds. The molecule has 0 radical (unpaired) electrons. The van der Waals surface area contributed by atoms with Gasteiger partial charge in [-0.15, -0.1) is 0 Å². The number of carbonyl (C=O) groups is 1. The fourth-order valence-corrected chi connectivity index (χ4v) is 3.19. The number of para-hydroxylation sites is 1. The zero-order valence-corrected chi connectivity index (χ0v) is 17.5. The molecule has 0 bridgehead atoms. The summed E-state index contributed by atoms with van der Waals surface area (Å²) in [5.74, 6) is 0.910. The van der Waals surface area contributed by atoms with Gasteiger partial charge in [0.2, 0.25) is 5.91 Å². The number of hydrogen-bond acceptors (Lipinski definition) is 6. The van der Waals surface area contributed by atoms with Crippen LogP contribution in [0.5, 0.6) is 5.75 Å². The SMILES string of the molecule is C/C=C(\F)c1cnc(NC(=O)C2CC2)cc1Nc1cccc(-c2ncn(C)n2)c1OC. The molecule has 2 heterocycles. The van der Waals surface area contributed by atoms with Crippen LogP contribution in [0.25, 0.3) is 17.2 Å². The Morgan fingerprint density at radius 1 is 1.29 bits per heavy atom. The topological polar surface area (TPSA) is 94.0 Å². The summed E-state index contributed by atoms with van der Waals surface area (Å²) in [6.07, 6.45) is 6.13. The van der Waals surface area contributed by atoms with Gasteiger partial charge in [0.05, 0.1) is 29.6 Å². The first-order chi connectivity index (χ1) is 15.0. The quantitative estimate of drug-likeness (QED) is 0.589. The van der Waals surface area contributed by atoms with Gasteiger partial charge in [0.15, 0.2) is 11.6 Å². The smallest absolute Gasteiger partial charge is 0.228 e. The summed E-state index contributed by atoms with van der Waals surface area (Å²) >= 11 is 0. The molecule has 2 N–H and O–H groups in total. The van der Waals surface area contributed by atoms with E-state index >= 15 is 0 Å². The monoisotopic (exact) mass is 422 g/mol. The minimum atomic E-state index is -0.434. The van der Waals surface area contributed by atoms with Gasteiger partial charge in [0.1, 0.15) is 18.0 Å². The lowest BCUT2D eigenvalue weighted by molar-refractivity contribution is -0.117. The van der Waals surface area contributed by atoms with E-state index in [0.717, 1.165) is 12.8 Å². The molecule has 160 valence electrons. The Labute approximate surface area is 179 Å². The molecule has 8 nitrogen and oxygen atoms in total. The van der Waals surface area contributed by atoms with Crippen molar-refractivity contribution in [2.45, 2.75) is 19.8 Å². The van der Waals surface area contributed by atoms with E-state index in [0.29, 0.717) is 34.3 Å². The standard InChI is InChI=1S/C22H23FN6O2/c1-4-16(23)15-11-24-19(27-22(30)13-8-9-13)10-18(15)26-17-7-5-6-14(20(17)31-3)21-25-12-29(2)28-21/h4-7,10-13H,8-9H2,1-3H3,(H2,24,26,27,30)/b16-4-. The number of methoxy groups -OCH3 is 1. The Bertz CT molecular complexity index is 1150. The Balaban J connectivity index is 1.72. The Hall–Kier alpha value is -3.75. The molecule has 1 aliphatic carbocycles. The van der Waals surface area contributed by atoms with Gasteiger partial charge in [-0.3, -0.25) is 9.48 Å². The van der Waals surface area contributed by atoms with Gasteiger partial charge < -0.3 is 15.4 Å². The van der Waals surface area contributed by atoms with Crippen LogP contribution in [0.4, 0.5) is 21.6 Å². The number of carbonyl (C=O) groups excluding carboxylic acids is 1. The van der Waals surface area contributed by atoms with E-state index in [1.54, 1.807) is 38.2 Å². The Morgan fingerprint density at radius 2 is 2.10 bits per heavy atom. The third kappa shape index (κ3) is 4.40. The highest BCUT2D eigenvalue weighted by molar-refractivity contribution is 5.94. The molecule has 0 spiro atoms. The van der Waals surface area contributed by atoms with Gasteiger partial charge in [0, 0.05) is 25.2 Å². The molecule has 9 heteroatoms. The number of pyridine rings is 1. The van der Waals surface area contributed by atoms with Crippen LogP contribution in [0.3, 0.4) is 0 Å². The zero-order chi connectivity index (χ0) is 22.0. The third-order valence-electron chi connectivity index (χ3n) is 4.94. The number of hydrogen-bond donors (Lipinski definition) is 2. The summed E-state index contributed by atoms with van der Waals surface area (Å²) in [6.45, 7) is 1.61. The molecule has 2 aromatic heterocycles. The lowest BCUT2D eigenvalue weighted by atomic mass is 10.1. The third-order valence-corrected chi connectivity index (χ3v) is 4.94.